The van der Waals surface area contributed by atoms with Crippen LogP contribution < -0.4 is 0 Å². The summed E-state index contributed by atoms with van der Waals surface area (Å²) in [5.41, 5.74) is 0.206. The van der Waals surface area contributed by atoms with E-state index in [-0.39, 0.29) is 16.4 Å². The Kier molecular flexibility index (Phi) is 5.65. The predicted molar refractivity (Wildman–Crippen MR) is 107 cm³/mol. The standard InChI is InChI=1S/C19H16ClF2N3O2S2/c20-13-1-4-15(5-2-13)29(26,27)25-9-7-12(8-10-25)18-23-24-19(28-18)16-6-3-14(21)11-17(16)22/h1-6,11-12H,7-10H2. The summed E-state index contributed by atoms with van der Waals surface area (Å²) >= 11 is 7.09. The molecule has 0 bridgehead atoms. The zero-order valence-corrected chi connectivity index (χ0v) is 17.4. The van der Waals surface area contributed by atoms with Crippen molar-refractivity contribution in [2.45, 2.75) is 23.7 Å². The van der Waals surface area contributed by atoms with Gasteiger partial charge in [0.15, 0.2) is 5.01 Å². The average Bonchev–Trinajstić information content (AvgIpc) is 3.18. The highest BCUT2D eigenvalue weighted by molar-refractivity contribution is 7.89. The van der Waals surface area contributed by atoms with Crippen LogP contribution in [0.3, 0.4) is 0 Å². The molecular weight excluding hydrogens is 440 g/mol. The molecule has 10 heteroatoms. The lowest BCUT2D eigenvalue weighted by Gasteiger charge is -2.30. The molecule has 0 amide bonds. The molecule has 3 aromatic rings. The Labute approximate surface area is 176 Å². The lowest BCUT2D eigenvalue weighted by molar-refractivity contribution is 0.318. The molecule has 0 radical (unpaired) electrons. The number of benzene rings is 2. The molecule has 2 heterocycles. The fraction of sp³-hybridized carbons (Fsp3) is 0.263. The van der Waals surface area contributed by atoms with Gasteiger partial charge in [-0.3, -0.25) is 0 Å². The zero-order chi connectivity index (χ0) is 20.6. The summed E-state index contributed by atoms with van der Waals surface area (Å²) in [4.78, 5) is 0.213. The third-order valence-corrected chi connectivity index (χ3v) is 8.14. The summed E-state index contributed by atoms with van der Waals surface area (Å²) in [7, 11) is -3.57. The SMILES string of the molecule is O=S(=O)(c1ccc(Cl)cc1)N1CCC(c2nnc(-c3ccc(F)cc3F)s2)CC1. The van der Waals surface area contributed by atoms with Crippen molar-refractivity contribution in [2.75, 3.05) is 13.1 Å². The van der Waals surface area contributed by atoms with Crippen molar-refractivity contribution in [3.63, 3.8) is 0 Å². The fourth-order valence-electron chi connectivity index (χ4n) is 3.27. The van der Waals surface area contributed by atoms with Gasteiger partial charge in [-0.15, -0.1) is 10.2 Å². The van der Waals surface area contributed by atoms with Gasteiger partial charge in [-0.05, 0) is 49.2 Å². The van der Waals surface area contributed by atoms with Crippen LogP contribution in [-0.4, -0.2) is 36.0 Å². The van der Waals surface area contributed by atoms with E-state index < -0.39 is 21.7 Å². The molecule has 1 aromatic heterocycles. The van der Waals surface area contributed by atoms with Crippen LogP contribution in [0.25, 0.3) is 10.6 Å². The van der Waals surface area contributed by atoms with E-state index in [1.807, 2.05) is 0 Å². The number of rotatable bonds is 4. The summed E-state index contributed by atoms with van der Waals surface area (Å²) in [6.45, 7) is 0.713. The van der Waals surface area contributed by atoms with Crippen LogP contribution in [0.15, 0.2) is 47.4 Å². The molecule has 1 aliphatic heterocycles. The summed E-state index contributed by atoms with van der Waals surface area (Å²) in [5, 5.41) is 9.79. The van der Waals surface area contributed by atoms with E-state index in [4.69, 9.17) is 11.6 Å². The highest BCUT2D eigenvalue weighted by Crippen LogP contribution is 2.35. The lowest BCUT2D eigenvalue weighted by Crippen LogP contribution is -2.37. The second kappa shape index (κ2) is 8.06. The van der Waals surface area contributed by atoms with Crippen LogP contribution in [0, 0.1) is 11.6 Å². The molecular formula is C19H16ClF2N3O2S2. The highest BCUT2D eigenvalue weighted by atomic mass is 35.5. The Morgan fingerprint density at radius 3 is 2.38 bits per heavy atom. The van der Waals surface area contributed by atoms with Crippen LogP contribution >= 0.6 is 22.9 Å². The maximum atomic E-state index is 14.0. The second-order valence-corrected chi connectivity index (χ2v) is 10.1. The lowest BCUT2D eigenvalue weighted by atomic mass is 9.99. The fourth-order valence-corrected chi connectivity index (χ4v) is 5.91. The van der Waals surface area contributed by atoms with E-state index in [1.54, 1.807) is 12.1 Å². The molecule has 0 unspecified atom stereocenters. The monoisotopic (exact) mass is 455 g/mol. The highest BCUT2D eigenvalue weighted by Gasteiger charge is 2.31. The topological polar surface area (TPSA) is 63.2 Å². The van der Waals surface area contributed by atoms with E-state index in [0.29, 0.717) is 36.0 Å². The smallest absolute Gasteiger partial charge is 0.207 e. The second-order valence-electron chi connectivity index (χ2n) is 6.70. The summed E-state index contributed by atoms with van der Waals surface area (Å²) in [6.07, 6.45) is 1.18. The van der Waals surface area contributed by atoms with Crippen molar-refractivity contribution in [1.29, 1.82) is 0 Å². The summed E-state index contributed by atoms with van der Waals surface area (Å²) < 4.78 is 54.1. The first-order valence-electron chi connectivity index (χ1n) is 8.89. The van der Waals surface area contributed by atoms with Gasteiger partial charge < -0.3 is 0 Å². The van der Waals surface area contributed by atoms with Crippen molar-refractivity contribution in [3.05, 3.63) is 64.1 Å². The Morgan fingerprint density at radius 1 is 1.03 bits per heavy atom. The molecule has 4 rings (SSSR count). The van der Waals surface area contributed by atoms with Crippen molar-refractivity contribution in [2.24, 2.45) is 0 Å². The van der Waals surface area contributed by atoms with Gasteiger partial charge in [-0.2, -0.15) is 4.31 Å². The minimum absolute atomic E-state index is 0.0430. The van der Waals surface area contributed by atoms with Gasteiger partial charge in [-0.25, -0.2) is 17.2 Å². The van der Waals surface area contributed by atoms with Gasteiger partial charge in [0.1, 0.15) is 16.6 Å². The normalized spacial score (nSPS) is 16.2. The van der Waals surface area contributed by atoms with Gasteiger partial charge in [-0.1, -0.05) is 22.9 Å². The molecule has 0 aliphatic carbocycles. The molecule has 0 atom stereocenters. The van der Waals surface area contributed by atoms with Crippen LogP contribution in [0.5, 0.6) is 0 Å². The Bertz CT molecular complexity index is 1130. The first-order valence-corrected chi connectivity index (χ1v) is 11.5. The first kappa shape index (κ1) is 20.3. The van der Waals surface area contributed by atoms with E-state index >= 15 is 0 Å². The van der Waals surface area contributed by atoms with Crippen LogP contribution in [-0.2, 0) is 10.0 Å². The molecule has 0 spiro atoms. The van der Waals surface area contributed by atoms with Crippen LogP contribution in [0.1, 0.15) is 23.8 Å². The quantitative estimate of drug-likeness (QED) is 0.571. The van der Waals surface area contributed by atoms with Gasteiger partial charge in [0, 0.05) is 35.7 Å². The summed E-state index contributed by atoms with van der Waals surface area (Å²) in [6, 6.07) is 9.44. The van der Waals surface area contributed by atoms with Crippen molar-refractivity contribution in [1.82, 2.24) is 14.5 Å². The van der Waals surface area contributed by atoms with Crippen LogP contribution in [0.2, 0.25) is 5.02 Å². The van der Waals surface area contributed by atoms with E-state index in [1.165, 1.54) is 39.9 Å². The minimum atomic E-state index is -3.57. The molecule has 2 aromatic carbocycles. The maximum absolute atomic E-state index is 14.0. The molecule has 29 heavy (non-hydrogen) atoms. The van der Waals surface area contributed by atoms with Gasteiger partial charge in [0.25, 0.3) is 0 Å². The number of hydrogen-bond donors (Lipinski definition) is 0. The number of sulfonamides is 1. The van der Waals surface area contributed by atoms with Crippen LogP contribution in [0.4, 0.5) is 8.78 Å². The van der Waals surface area contributed by atoms with E-state index in [2.05, 4.69) is 10.2 Å². The number of hydrogen-bond acceptors (Lipinski definition) is 5. The third kappa shape index (κ3) is 4.18. The largest absolute Gasteiger partial charge is 0.243 e. The predicted octanol–water partition coefficient (Wildman–Crippen LogP) is 4.71. The number of piperidine rings is 1. The molecule has 1 aliphatic rings. The van der Waals surface area contributed by atoms with Crippen molar-refractivity contribution < 1.29 is 17.2 Å². The maximum Gasteiger partial charge on any atom is 0.243 e. The minimum Gasteiger partial charge on any atom is -0.207 e. The molecule has 0 N–H and O–H groups in total. The molecule has 152 valence electrons. The molecule has 5 nitrogen and oxygen atoms in total. The van der Waals surface area contributed by atoms with Crippen molar-refractivity contribution >= 4 is 33.0 Å². The third-order valence-electron chi connectivity index (χ3n) is 4.86. The van der Waals surface area contributed by atoms with Gasteiger partial charge in [0.2, 0.25) is 10.0 Å². The van der Waals surface area contributed by atoms with Crippen molar-refractivity contribution in [3.8, 4) is 10.6 Å². The average molecular weight is 456 g/mol. The van der Waals surface area contributed by atoms with E-state index in [9.17, 15) is 17.2 Å². The zero-order valence-electron chi connectivity index (χ0n) is 15.1. The number of nitrogens with zero attached hydrogens (tertiary/aromatic N) is 3. The molecule has 0 saturated carbocycles. The number of aromatic nitrogens is 2. The molecule has 1 fully saturated rings. The Morgan fingerprint density at radius 2 is 1.72 bits per heavy atom. The first-order chi connectivity index (χ1) is 13.8. The Balaban J connectivity index is 1.46. The summed E-state index contributed by atoms with van der Waals surface area (Å²) in [5.74, 6) is -1.29. The van der Waals surface area contributed by atoms with Gasteiger partial charge >= 0.3 is 0 Å². The van der Waals surface area contributed by atoms with E-state index in [0.717, 1.165) is 11.1 Å². The number of halogens is 3. The Hall–Kier alpha value is -1.94. The molecule has 1 saturated heterocycles. The van der Waals surface area contributed by atoms with Gasteiger partial charge in [0.05, 0.1) is 4.90 Å².